The van der Waals surface area contributed by atoms with E-state index in [-0.39, 0.29) is 32.2 Å². The number of allylic oxidation sites excluding steroid dienone is 1. The van der Waals surface area contributed by atoms with Gasteiger partial charge in [-0.2, -0.15) is 0 Å². The zero-order valence-electron chi connectivity index (χ0n) is 25.7. The monoisotopic (exact) mass is 616 g/mol. The summed E-state index contributed by atoms with van der Waals surface area (Å²) >= 11 is 0. The highest BCUT2D eigenvalue weighted by Gasteiger charge is 2.46. The van der Waals surface area contributed by atoms with Crippen molar-refractivity contribution in [3.8, 4) is 28.6 Å². The van der Waals surface area contributed by atoms with Crippen molar-refractivity contribution >= 4 is 35.1 Å². The van der Waals surface area contributed by atoms with Gasteiger partial charge in [-0.25, -0.2) is 19.6 Å². The molecule has 12 nitrogen and oxygen atoms in total. The Hall–Kier alpha value is -4.87. The number of ether oxygens (including phenoxy) is 5. The number of carbonyl (C=O) groups is 3. The molecule has 3 aromatic rings. The summed E-state index contributed by atoms with van der Waals surface area (Å²) in [7, 11) is 1.28. The van der Waals surface area contributed by atoms with Gasteiger partial charge in [0.15, 0.2) is 11.5 Å². The molecule has 0 aliphatic carbocycles. The molecule has 12 heteroatoms. The van der Waals surface area contributed by atoms with Gasteiger partial charge in [-0.3, -0.25) is 4.79 Å². The Bertz CT molecular complexity index is 1670. The van der Waals surface area contributed by atoms with Crippen molar-refractivity contribution < 1.29 is 38.1 Å². The van der Waals surface area contributed by atoms with Crippen molar-refractivity contribution in [1.82, 2.24) is 20.2 Å². The van der Waals surface area contributed by atoms with Gasteiger partial charge in [0.25, 0.3) is 0 Å². The van der Waals surface area contributed by atoms with Crippen LogP contribution in [-0.4, -0.2) is 78.1 Å². The molecule has 3 aliphatic rings. The number of nitrogens with zero attached hydrogens (tertiary/aromatic N) is 3. The zero-order chi connectivity index (χ0) is 31.7. The van der Waals surface area contributed by atoms with Crippen molar-refractivity contribution in [3.63, 3.8) is 0 Å². The fourth-order valence-electron chi connectivity index (χ4n) is 5.69. The van der Waals surface area contributed by atoms with Crippen molar-refractivity contribution in [2.45, 2.75) is 58.2 Å². The summed E-state index contributed by atoms with van der Waals surface area (Å²) in [6.07, 6.45) is 4.11. The van der Waals surface area contributed by atoms with E-state index in [0.717, 1.165) is 11.1 Å². The maximum atomic E-state index is 14.0. The highest BCUT2D eigenvalue weighted by Crippen LogP contribution is 2.38. The number of alkyl carbamates (subject to hydrolysis) is 1. The molecule has 45 heavy (non-hydrogen) atoms. The van der Waals surface area contributed by atoms with E-state index < -0.39 is 41.6 Å². The maximum Gasteiger partial charge on any atom is 0.407 e. The molecule has 2 amide bonds. The van der Waals surface area contributed by atoms with Crippen LogP contribution in [0.5, 0.6) is 17.4 Å². The van der Waals surface area contributed by atoms with Crippen LogP contribution in [0.1, 0.15) is 45.6 Å². The van der Waals surface area contributed by atoms with Crippen molar-refractivity contribution in [2.75, 3.05) is 27.1 Å². The zero-order valence-corrected chi connectivity index (χ0v) is 25.7. The number of hydrogen-bond acceptors (Lipinski definition) is 10. The second-order valence-electron chi connectivity index (χ2n) is 12.3. The van der Waals surface area contributed by atoms with Gasteiger partial charge < -0.3 is 33.9 Å². The molecule has 0 radical (unpaired) electrons. The number of fused-ring (bicyclic) bond motifs is 8. The lowest BCUT2D eigenvalue weighted by atomic mass is 9.85. The van der Waals surface area contributed by atoms with Crippen molar-refractivity contribution in [1.29, 1.82) is 0 Å². The lowest BCUT2D eigenvalue weighted by Crippen LogP contribution is -2.57. The molecule has 1 N–H and O–H groups in total. The number of carbonyl (C=O) groups excluding carboxylic acids is 3. The molecule has 3 atom stereocenters. The number of benzene rings is 2. The smallest absolute Gasteiger partial charge is 0.407 e. The predicted octanol–water partition coefficient (Wildman–Crippen LogP) is 4.49. The molecule has 4 bridgehead atoms. The predicted molar refractivity (Wildman–Crippen MR) is 164 cm³/mol. The normalized spacial score (nSPS) is 22.7. The van der Waals surface area contributed by atoms with E-state index in [2.05, 4.69) is 5.32 Å². The minimum absolute atomic E-state index is 0.0605. The second kappa shape index (κ2) is 12.3. The van der Waals surface area contributed by atoms with Crippen LogP contribution in [0.4, 0.5) is 4.79 Å². The van der Waals surface area contributed by atoms with Crippen LogP contribution < -0.4 is 19.5 Å². The topological polar surface area (TPSA) is 138 Å². The van der Waals surface area contributed by atoms with Crippen LogP contribution in [-0.2, 0) is 19.1 Å². The molecule has 2 aromatic carbocycles. The van der Waals surface area contributed by atoms with Gasteiger partial charge in [-0.15, -0.1) is 0 Å². The summed E-state index contributed by atoms with van der Waals surface area (Å²) < 4.78 is 28.1. The second-order valence-corrected chi connectivity index (χ2v) is 12.3. The number of amides is 2. The van der Waals surface area contributed by atoms with Crippen LogP contribution in [0.15, 0.2) is 42.5 Å². The van der Waals surface area contributed by atoms with Gasteiger partial charge in [-0.1, -0.05) is 51.1 Å². The lowest BCUT2D eigenvalue weighted by Gasteiger charge is -2.34. The molecule has 0 saturated carbocycles. The van der Waals surface area contributed by atoms with E-state index in [1.165, 1.54) is 12.0 Å². The Balaban J connectivity index is 1.44. The van der Waals surface area contributed by atoms with E-state index in [4.69, 9.17) is 33.7 Å². The van der Waals surface area contributed by atoms with Crippen molar-refractivity contribution in [3.05, 3.63) is 48.0 Å². The number of esters is 1. The Morgan fingerprint density at radius 1 is 1.04 bits per heavy atom. The summed E-state index contributed by atoms with van der Waals surface area (Å²) in [5, 5.41) is 2.73. The van der Waals surface area contributed by atoms with E-state index >= 15 is 0 Å². The number of hydrogen-bond donors (Lipinski definition) is 1. The Kier molecular flexibility index (Phi) is 8.22. The standard InChI is InChI=1S/C33H36N4O8/c1-33(2,3)28-30(38)37-17-21(14-24(37)31(39)41-4)45-29-27(34-22-15-25-26(44-18-43-25)16-23(22)35-29)20-11-8-10-19(13-20)9-6-5-7-12-42-32(40)36-28/h6,8-11,13,15-16,21,24,28H,5,7,12,14,17-18H2,1-4H3,(H,36,40)/b9-6+/t21-,24+,28-/m1/s1. The molecule has 236 valence electrons. The van der Waals surface area contributed by atoms with E-state index in [1.54, 1.807) is 12.1 Å². The summed E-state index contributed by atoms with van der Waals surface area (Å²) in [5.41, 5.74) is 2.67. The quantitative estimate of drug-likeness (QED) is 0.389. The Morgan fingerprint density at radius 2 is 1.80 bits per heavy atom. The van der Waals surface area contributed by atoms with Crippen molar-refractivity contribution in [2.24, 2.45) is 5.41 Å². The molecule has 1 aromatic heterocycles. The fraction of sp³-hybridized carbons (Fsp3) is 0.424. The highest BCUT2D eigenvalue weighted by atomic mass is 16.7. The number of nitrogens with one attached hydrogen (secondary N) is 1. The summed E-state index contributed by atoms with van der Waals surface area (Å²) in [4.78, 5) is 51.0. The van der Waals surface area contributed by atoms with Gasteiger partial charge >= 0.3 is 12.1 Å². The fourth-order valence-corrected chi connectivity index (χ4v) is 5.69. The minimum atomic E-state index is -0.973. The summed E-state index contributed by atoms with van der Waals surface area (Å²) in [6.45, 7) is 5.86. The van der Waals surface area contributed by atoms with E-state index in [9.17, 15) is 14.4 Å². The van der Waals surface area contributed by atoms with E-state index in [1.807, 2.05) is 57.2 Å². The highest BCUT2D eigenvalue weighted by molar-refractivity contribution is 5.91. The average Bonchev–Trinajstić information content (AvgIpc) is 3.65. The van der Waals surface area contributed by atoms with Crippen LogP contribution in [0, 0.1) is 5.41 Å². The Labute approximate surface area is 260 Å². The third-order valence-corrected chi connectivity index (χ3v) is 8.02. The Morgan fingerprint density at radius 3 is 2.53 bits per heavy atom. The number of cyclic esters (lactones) is 1. The largest absolute Gasteiger partial charge is 0.471 e. The first-order valence-electron chi connectivity index (χ1n) is 15.0. The number of aromatic nitrogens is 2. The van der Waals surface area contributed by atoms with Crippen LogP contribution in [0.3, 0.4) is 0 Å². The summed E-state index contributed by atoms with van der Waals surface area (Å²) in [5.74, 6) is 0.372. The van der Waals surface area contributed by atoms with Gasteiger partial charge in [0.05, 0.1) is 31.3 Å². The lowest BCUT2D eigenvalue weighted by molar-refractivity contribution is -0.152. The molecular weight excluding hydrogens is 580 g/mol. The van der Waals surface area contributed by atoms with Gasteiger partial charge in [-0.05, 0) is 29.9 Å². The first kappa shape index (κ1) is 30.2. The molecule has 3 aliphatic heterocycles. The molecule has 4 heterocycles. The number of methoxy groups -OCH3 is 1. The van der Waals surface area contributed by atoms with Crippen LogP contribution in [0.25, 0.3) is 28.4 Å². The van der Waals surface area contributed by atoms with Crippen LogP contribution in [0.2, 0.25) is 0 Å². The van der Waals surface area contributed by atoms with Gasteiger partial charge in [0.2, 0.25) is 18.6 Å². The third-order valence-electron chi connectivity index (χ3n) is 8.02. The molecule has 0 unspecified atom stereocenters. The minimum Gasteiger partial charge on any atom is -0.471 e. The first-order chi connectivity index (χ1) is 21.6. The van der Waals surface area contributed by atoms with Gasteiger partial charge in [0, 0.05) is 24.1 Å². The molecular formula is C33H36N4O8. The SMILES string of the molecule is COC(=O)[C@@H]1C[C@@H]2CN1C(=O)[C@H](C(C)(C)C)NC(=O)OCCC/C=C/c1cccc(c1)-c1nc3cc4c(cc3nc1O2)OCO4. The molecule has 0 spiro atoms. The average molecular weight is 617 g/mol. The van der Waals surface area contributed by atoms with E-state index in [0.29, 0.717) is 41.1 Å². The molecule has 1 saturated heterocycles. The number of rotatable bonds is 1. The van der Waals surface area contributed by atoms with Gasteiger partial charge in [0.1, 0.15) is 23.9 Å². The molecule has 1 fully saturated rings. The van der Waals surface area contributed by atoms with Crippen LogP contribution >= 0.6 is 0 Å². The molecule has 6 rings (SSSR count). The maximum absolute atomic E-state index is 14.0. The third kappa shape index (κ3) is 6.36. The first-order valence-corrected chi connectivity index (χ1v) is 15.0. The summed E-state index contributed by atoms with van der Waals surface area (Å²) in [6, 6.07) is 9.46.